The van der Waals surface area contributed by atoms with Crippen LogP contribution in [0.5, 0.6) is 5.75 Å². The highest BCUT2D eigenvalue weighted by Crippen LogP contribution is 2.35. The maximum Gasteiger partial charge on any atom is 0.407 e. The van der Waals surface area contributed by atoms with Gasteiger partial charge in [-0.2, -0.15) is 0 Å². The van der Waals surface area contributed by atoms with Crippen molar-refractivity contribution >= 4 is 12.0 Å². The lowest BCUT2D eigenvalue weighted by Crippen LogP contribution is -2.56. The first-order valence-corrected chi connectivity index (χ1v) is 13.3. The van der Waals surface area contributed by atoms with Gasteiger partial charge in [-0.25, -0.2) is 9.78 Å². The fourth-order valence-electron chi connectivity index (χ4n) is 5.50. The predicted octanol–water partition coefficient (Wildman–Crippen LogP) is 3.88. The van der Waals surface area contributed by atoms with Gasteiger partial charge >= 0.3 is 6.09 Å². The van der Waals surface area contributed by atoms with Gasteiger partial charge in [-0.1, -0.05) is 61.4 Å². The Morgan fingerprint density at radius 3 is 2.55 bits per heavy atom. The zero-order valence-corrected chi connectivity index (χ0v) is 21.7. The van der Waals surface area contributed by atoms with Crippen LogP contribution in [0.4, 0.5) is 4.79 Å². The van der Waals surface area contributed by atoms with Crippen LogP contribution in [0.1, 0.15) is 42.2 Å². The molecule has 9 nitrogen and oxygen atoms in total. The van der Waals surface area contributed by atoms with E-state index in [0.717, 1.165) is 42.7 Å². The molecule has 1 saturated carbocycles. The molecule has 0 spiro atoms. The Bertz CT molecular complexity index is 1220. The number of alkyl carbamates (subject to hydrolysis) is 1. The van der Waals surface area contributed by atoms with E-state index in [1.54, 1.807) is 6.33 Å². The molecule has 2 fully saturated rings. The van der Waals surface area contributed by atoms with Crippen LogP contribution in [0.25, 0.3) is 11.3 Å². The molecular weight excluding hydrogens is 482 g/mol. The number of carbonyl (C=O) groups is 2. The number of hydrogen-bond acceptors (Lipinski definition) is 6. The lowest BCUT2D eigenvalue weighted by atomic mass is 9.89. The number of rotatable bonds is 7. The third-order valence-corrected chi connectivity index (χ3v) is 7.42. The van der Waals surface area contributed by atoms with Crippen LogP contribution in [0.15, 0.2) is 67.0 Å². The van der Waals surface area contributed by atoms with Gasteiger partial charge in [-0.05, 0) is 25.0 Å². The third-order valence-electron chi connectivity index (χ3n) is 7.42. The van der Waals surface area contributed by atoms with E-state index in [-0.39, 0.29) is 24.0 Å². The molecule has 0 unspecified atom stereocenters. The van der Waals surface area contributed by atoms with Crippen molar-refractivity contribution in [2.24, 2.45) is 0 Å². The van der Waals surface area contributed by atoms with E-state index in [4.69, 9.17) is 14.5 Å². The quantitative estimate of drug-likeness (QED) is 0.494. The van der Waals surface area contributed by atoms with Crippen molar-refractivity contribution in [2.75, 3.05) is 33.4 Å². The second kappa shape index (κ2) is 12.1. The molecule has 2 aliphatic rings. The van der Waals surface area contributed by atoms with E-state index in [2.05, 4.69) is 15.2 Å². The average Bonchev–Trinajstić information content (AvgIpc) is 3.42. The molecule has 3 atom stereocenters. The highest BCUT2D eigenvalue weighted by Gasteiger charge is 2.35. The van der Waals surface area contributed by atoms with Gasteiger partial charge in [0.2, 0.25) is 0 Å². The molecule has 9 heteroatoms. The minimum absolute atomic E-state index is 0.0349. The maximum absolute atomic E-state index is 14.1. The van der Waals surface area contributed by atoms with Crippen molar-refractivity contribution in [2.45, 2.75) is 43.8 Å². The summed E-state index contributed by atoms with van der Waals surface area (Å²) in [7, 11) is 1.38. The minimum atomic E-state index is -0.443. The van der Waals surface area contributed by atoms with Gasteiger partial charge in [0, 0.05) is 25.2 Å². The first-order valence-electron chi connectivity index (χ1n) is 13.3. The second-order valence-corrected chi connectivity index (χ2v) is 9.79. The number of nitrogens with one attached hydrogen (secondary N) is 2. The van der Waals surface area contributed by atoms with Gasteiger partial charge in [-0.15, -0.1) is 0 Å². The van der Waals surface area contributed by atoms with E-state index in [0.29, 0.717) is 31.9 Å². The van der Waals surface area contributed by atoms with Gasteiger partial charge in [0.1, 0.15) is 12.4 Å². The van der Waals surface area contributed by atoms with Crippen LogP contribution < -0.4 is 15.4 Å². The predicted molar refractivity (Wildman–Crippen MR) is 144 cm³/mol. The SMILES string of the molecule is COC(=O)N[C@H]1CCCC[C@@H]1n1cnc(C(=O)N2CCNC[C@H]2COc2ccccc2)c1-c1ccccc1. The van der Waals surface area contributed by atoms with E-state index < -0.39 is 6.09 Å². The number of aromatic nitrogens is 2. The van der Waals surface area contributed by atoms with Crippen LogP contribution in [0, 0.1) is 0 Å². The minimum Gasteiger partial charge on any atom is -0.491 e. The molecule has 1 saturated heterocycles. The monoisotopic (exact) mass is 517 g/mol. The molecule has 38 heavy (non-hydrogen) atoms. The van der Waals surface area contributed by atoms with E-state index in [9.17, 15) is 9.59 Å². The first kappa shape index (κ1) is 25.8. The summed E-state index contributed by atoms with van der Waals surface area (Å²) < 4.78 is 13.0. The summed E-state index contributed by atoms with van der Waals surface area (Å²) in [6.45, 7) is 2.31. The largest absolute Gasteiger partial charge is 0.491 e. The Hall–Kier alpha value is -3.85. The molecule has 1 aliphatic carbocycles. The molecule has 3 aromatic rings. The lowest BCUT2D eigenvalue weighted by molar-refractivity contribution is 0.0554. The van der Waals surface area contributed by atoms with Crippen molar-refractivity contribution in [1.82, 2.24) is 25.1 Å². The number of imidazole rings is 1. The van der Waals surface area contributed by atoms with Crippen molar-refractivity contribution in [1.29, 1.82) is 0 Å². The highest BCUT2D eigenvalue weighted by molar-refractivity contribution is 5.98. The molecule has 2 amide bonds. The Labute approximate surface area is 223 Å². The molecule has 2 N–H and O–H groups in total. The summed E-state index contributed by atoms with van der Waals surface area (Å²) in [6.07, 6.45) is 5.09. The number of ether oxygens (including phenoxy) is 2. The number of methoxy groups -OCH3 is 1. The van der Waals surface area contributed by atoms with E-state index in [1.165, 1.54) is 7.11 Å². The summed E-state index contributed by atoms with van der Waals surface area (Å²) in [6, 6.07) is 19.3. The number of benzene rings is 2. The van der Waals surface area contributed by atoms with Crippen molar-refractivity contribution < 1.29 is 19.1 Å². The van der Waals surface area contributed by atoms with Gasteiger partial charge in [-0.3, -0.25) is 4.79 Å². The summed E-state index contributed by atoms with van der Waals surface area (Å²) in [4.78, 5) is 32.8. The number of amides is 2. The zero-order chi connectivity index (χ0) is 26.3. The van der Waals surface area contributed by atoms with E-state index >= 15 is 0 Å². The van der Waals surface area contributed by atoms with Crippen LogP contribution in [0.2, 0.25) is 0 Å². The highest BCUT2D eigenvalue weighted by atomic mass is 16.5. The Kier molecular flexibility index (Phi) is 8.23. The Balaban J connectivity index is 1.46. The second-order valence-electron chi connectivity index (χ2n) is 9.79. The van der Waals surface area contributed by atoms with Crippen molar-refractivity contribution in [3.8, 4) is 17.0 Å². The third kappa shape index (κ3) is 5.67. The molecular formula is C29H35N5O4. The number of hydrogen-bond donors (Lipinski definition) is 2. The standard InChI is InChI=1S/C29H35N5O4/c1-37-29(36)32-24-14-8-9-15-25(24)34-20-31-26(27(34)21-10-4-2-5-11-21)28(35)33-17-16-30-18-22(33)19-38-23-12-6-3-7-13-23/h2-7,10-13,20,22,24-25,30H,8-9,14-19H2,1H3,(H,32,36)/t22-,24-,25-/m0/s1. The fourth-order valence-corrected chi connectivity index (χ4v) is 5.50. The molecule has 200 valence electrons. The molecule has 2 heterocycles. The Morgan fingerprint density at radius 1 is 1.05 bits per heavy atom. The number of para-hydroxylation sites is 1. The van der Waals surface area contributed by atoms with Crippen molar-refractivity contribution in [3.63, 3.8) is 0 Å². The summed E-state index contributed by atoms with van der Waals surface area (Å²) in [5.74, 6) is 0.667. The maximum atomic E-state index is 14.1. The smallest absolute Gasteiger partial charge is 0.407 e. The molecule has 1 aliphatic heterocycles. The van der Waals surface area contributed by atoms with Crippen molar-refractivity contribution in [3.05, 3.63) is 72.7 Å². The number of nitrogens with zero attached hydrogens (tertiary/aromatic N) is 3. The fraction of sp³-hybridized carbons (Fsp3) is 0.414. The molecule has 5 rings (SSSR count). The molecule has 2 aromatic carbocycles. The average molecular weight is 518 g/mol. The molecule has 0 radical (unpaired) electrons. The lowest BCUT2D eigenvalue weighted by Gasteiger charge is -2.36. The Morgan fingerprint density at radius 2 is 1.79 bits per heavy atom. The van der Waals surface area contributed by atoms with Gasteiger partial charge in [0.05, 0.1) is 37.3 Å². The van der Waals surface area contributed by atoms with Crippen LogP contribution in [-0.2, 0) is 4.74 Å². The molecule has 0 bridgehead atoms. The van der Waals surface area contributed by atoms with Crippen LogP contribution in [-0.4, -0.2) is 71.9 Å². The molecule has 1 aromatic heterocycles. The van der Waals surface area contributed by atoms with Crippen LogP contribution in [0.3, 0.4) is 0 Å². The topological polar surface area (TPSA) is 97.7 Å². The van der Waals surface area contributed by atoms with Crippen LogP contribution >= 0.6 is 0 Å². The number of carbonyl (C=O) groups excluding carboxylic acids is 2. The van der Waals surface area contributed by atoms with Gasteiger partial charge in [0.25, 0.3) is 5.91 Å². The first-order chi connectivity index (χ1) is 18.7. The van der Waals surface area contributed by atoms with Gasteiger partial charge < -0.3 is 29.6 Å². The zero-order valence-electron chi connectivity index (χ0n) is 21.7. The number of piperazine rings is 1. The van der Waals surface area contributed by atoms with Gasteiger partial charge in [0.15, 0.2) is 5.69 Å². The summed E-state index contributed by atoms with van der Waals surface area (Å²) in [5.41, 5.74) is 2.12. The normalized spacial score (nSPS) is 21.5. The van der Waals surface area contributed by atoms with E-state index in [1.807, 2.05) is 65.6 Å². The summed E-state index contributed by atoms with van der Waals surface area (Å²) >= 11 is 0. The summed E-state index contributed by atoms with van der Waals surface area (Å²) in [5, 5.41) is 6.40.